The van der Waals surface area contributed by atoms with Gasteiger partial charge in [0.1, 0.15) is 5.75 Å². The number of nitrogens with zero attached hydrogens (tertiary/aromatic N) is 2. The van der Waals surface area contributed by atoms with E-state index in [2.05, 4.69) is 24.1 Å². The lowest BCUT2D eigenvalue weighted by atomic mass is 9.77. The molecular formula is C18H27N3O2. The molecule has 2 aliphatic rings. The highest BCUT2D eigenvalue weighted by molar-refractivity contribution is 5.72. The zero-order valence-corrected chi connectivity index (χ0v) is 14.1. The lowest BCUT2D eigenvalue weighted by Crippen LogP contribution is -2.43. The molecule has 1 aliphatic heterocycles. The Morgan fingerprint density at radius 3 is 2.96 bits per heavy atom. The first-order valence-electron chi connectivity index (χ1n) is 8.46. The number of hydrogen-bond acceptors (Lipinski definition) is 3. The minimum atomic E-state index is -0.270. The van der Waals surface area contributed by atoms with Crippen LogP contribution in [0.25, 0.3) is 0 Å². The number of ether oxygens (including phenoxy) is 1. The summed E-state index contributed by atoms with van der Waals surface area (Å²) in [5.41, 5.74) is 6.75. The van der Waals surface area contributed by atoms with E-state index in [0.29, 0.717) is 17.9 Å². The fraction of sp³-hybridized carbons (Fsp3) is 0.611. The maximum Gasteiger partial charge on any atom is 0.314 e. The number of primary amides is 1. The molecular weight excluding hydrogens is 290 g/mol. The molecule has 5 nitrogen and oxygen atoms in total. The highest BCUT2D eigenvalue weighted by Gasteiger charge is 2.42. The molecule has 2 amide bonds. The van der Waals surface area contributed by atoms with Gasteiger partial charge in [0.15, 0.2) is 0 Å². The Balaban J connectivity index is 1.68. The van der Waals surface area contributed by atoms with Crippen LogP contribution in [0.2, 0.25) is 0 Å². The molecule has 3 atom stereocenters. The van der Waals surface area contributed by atoms with Crippen LogP contribution in [0.5, 0.6) is 5.75 Å². The summed E-state index contributed by atoms with van der Waals surface area (Å²) >= 11 is 0. The first-order valence-corrected chi connectivity index (χ1v) is 8.46. The Bertz CT molecular complexity index is 563. The van der Waals surface area contributed by atoms with Crippen LogP contribution >= 0.6 is 0 Å². The van der Waals surface area contributed by atoms with Crippen molar-refractivity contribution >= 4 is 6.03 Å². The van der Waals surface area contributed by atoms with Gasteiger partial charge in [-0.2, -0.15) is 0 Å². The molecule has 0 radical (unpaired) electrons. The van der Waals surface area contributed by atoms with Gasteiger partial charge in [-0.25, -0.2) is 4.79 Å². The number of urea groups is 1. The smallest absolute Gasteiger partial charge is 0.314 e. The van der Waals surface area contributed by atoms with Crippen LogP contribution in [0.4, 0.5) is 4.79 Å². The number of fused-ring (bicyclic) bond motifs is 1. The van der Waals surface area contributed by atoms with E-state index in [1.54, 1.807) is 7.11 Å². The molecule has 2 fully saturated rings. The molecule has 0 spiro atoms. The van der Waals surface area contributed by atoms with Crippen molar-refractivity contribution in [2.24, 2.45) is 17.6 Å². The number of methoxy groups -OCH3 is 1. The molecule has 0 aromatic heterocycles. The summed E-state index contributed by atoms with van der Waals surface area (Å²) in [5, 5.41) is 0. The van der Waals surface area contributed by atoms with Crippen LogP contribution in [0.15, 0.2) is 24.3 Å². The van der Waals surface area contributed by atoms with Gasteiger partial charge in [0.25, 0.3) is 0 Å². The molecule has 1 aromatic rings. The van der Waals surface area contributed by atoms with E-state index in [-0.39, 0.29) is 6.03 Å². The molecule has 1 saturated carbocycles. The van der Waals surface area contributed by atoms with Gasteiger partial charge in [0.05, 0.1) is 7.11 Å². The Kier molecular flexibility index (Phi) is 4.76. The Labute approximate surface area is 138 Å². The zero-order valence-electron chi connectivity index (χ0n) is 14.1. The summed E-state index contributed by atoms with van der Waals surface area (Å²) in [6, 6.07) is 8.50. The molecule has 1 aliphatic carbocycles. The average molecular weight is 317 g/mol. The fourth-order valence-corrected chi connectivity index (χ4v) is 4.34. The molecule has 0 bridgehead atoms. The lowest BCUT2D eigenvalue weighted by molar-refractivity contribution is 0.105. The molecule has 1 heterocycles. The molecule has 126 valence electrons. The minimum Gasteiger partial charge on any atom is -0.497 e. The van der Waals surface area contributed by atoms with E-state index in [1.165, 1.54) is 24.8 Å². The number of amides is 2. The summed E-state index contributed by atoms with van der Waals surface area (Å²) in [4.78, 5) is 15.8. The summed E-state index contributed by atoms with van der Waals surface area (Å²) in [6.45, 7) is 2.55. The quantitative estimate of drug-likeness (QED) is 0.927. The zero-order chi connectivity index (χ0) is 16.4. The number of rotatable bonds is 4. The van der Waals surface area contributed by atoms with Crippen molar-refractivity contribution in [2.75, 3.05) is 27.2 Å². The van der Waals surface area contributed by atoms with E-state index in [9.17, 15) is 4.79 Å². The maximum absolute atomic E-state index is 11.5. The Morgan fingerprint density at radius 1 is 1.39 bits per heavy atom. The third kappa shape index (κ3) is 3.44. The Hall–Kier alpha value is -1.75. The average Bonchev–Trinajstić information content (AvgIpc) is 2.99. The van der Waals surface area contributed by atoms with Gasteiger partial charge in [0, 0.05) is 25.7 Å². The van der Waals surface area contributed by atoms with Gasteiger partial charge in [-0.1, -0.05) is 18.6 Å². The van der Waals surface area contributed by atoms with Crippen LogP contribution < -0.4 is 10.5 Å². The predicted octanol–water partition coefficient (Wildman–Crippen LogP) is 2.31. The molecule has 23 heavy (non-hydrogen) atoms. The first-order chi connectivity index (χ1) is 11.1. The van der Waals surface area contributed by atoms with Crippen molar-refractivity contribution in [3.05, 3.63) is 29.8 Å². The molecule has 2 N–H and O–H groups in total. The van der Waals surface area contributed by atoms with E-state index in [1.807, 2.05) is 17.0 Å². The third-order valence-corrected chi connectivity index (χ3v) is 5.50. The van der Waals surface area contributed by atoms with Gasteiger partial charge < -0.3 is 15.4 Å². The van der Waals surface area contributed by atoms with Crippen molar-refractivity contribution < 1.29 is 9.53 Å². The normalized spacial score (nSPS) is 27.1. The largest absolute Gasteiger partial charge is 0.497 e. The predicted molar refractivity (Wildman–Crippen MR) is 90.2 cm³/mol. The molecule has 0 unspecified atom stereocenters. The molecule has 1 saturated heterocycles. The van der Waals surface area contributed by atoms with Crippen molar-refractivity contribution in [1.29, 1.82) is 0 Å². The van der Waals surface area contributed by atoms with Gasteiger partial charge in [-0.15, -0.1) is 0 Å². The standard InChI is InChI=1S/C18H27N3O2/c1-20(10-13-5-3-7-15(9-13)23-2)17-8-4-6-14-11-21(18(19)22)12-16(14)17/h3,5,7,9,14,16-17H,4,6,8,10-12H2,1-2H3,(H2,19,22)/t14-,16+,17-/m1/s1. The highest BCUT2D eigenvalue weighted by Crippen LogP contribution is 2.38. The third-order valence-electron chi connectivity index (χ3n) is 5.50. The van der Waals surface area contributed by atoms with Crippen molar-refractivity contribution in [2.45, 2.75) is 31.8 Å². The number of benzene rings is 1. The van der Waals surface area contributed by atoms with Crippen LogP contribution in [0.1, 0.15) is 24.8 Å². The SMILES string of the molecule is COc1cccc(CN(C)[C@@H]2CCC[C@@H]3CN(C(N)=O)C[C@@H]32)c1. The van der Waals surface area contributed by atoms with Crippen LogP contribution in [0.3, 0.4) is 0 Å². The highest BCUT2D eigenvalue weighted by atomic mass is 16.5. The second-order valence-corrected chi connectivity index (χ2v) is 6.93. The van der Waals surface area contributed by atoms with Gasteiger partial charge in [-0.05, 0) is 49.4 Å². The van der Waals surface area contributed by atoms with Crippen LogP contribution in [-0.2, 0) is 6.54 Å². The summed E-state index contributed by atoms with van der Waals surface area (Å²) in [5.74, 6) is 2.05. The summed E-state index contributed by atoms with van der Waals surface area (Å²) in [7, 11) is 3.89. The maximum atomic E-state index is 11.5. The fourth-order valence-electron chi connectivity index (χ4n) is 4.34. The first kappa shape index (κ1) is 16.1. The van der Waals surface area contributed by atoms with Crippen LogP contribution in [0, 0.1) is 11.8 Å². The topological polar surface area (TPSA) is 58.8 Å². The summed E-state index contributed by atoms with van der Waals surface area (Å²) < 4.78 is 5.32. The number of carbonyl (C=O) groups is 1. The van der Waals surface area contributed by atoms with E-state index < -0.39 is 0 Å². The van der Waals surface area contributed by atoms with Gasteiger partial charge >= 0.3 is 6.03 Å². The minimum absolute atomic E-state index is 0.270. The van der Waals surface area contributed by atoms with E-state index >= 15 is 0 Å². The lowest BCUT2D eigenvalue weighted by Gasteiger charge is -2.39. The number of carbonyl (C=O) groups excluding carboxylic acids is 1. The van der Waals surface area contributed by atoms with E-state index in [0.717, 1.165) is 25.4 Å². The monoisotopic (exact) mass is 317 g/mol. The molecule has 5 heteroatoms. The van der Waals surface area contributed by atoms with Crippen molar-refractivity contribution in [1.82, 2.24) is 9.80 Å². The van der Waals surface area contributed by atoms with Gasteiger partial charge in [-0.3, -0.25) is 4.90 Å². The second-order valence-electron chi connectivity index (χ2n) is 6.93. The Morgan fingerprint density at radius 2 is 2.22 bits per heavy atom. The number of hydrogen-bond donors (Lipinski definition) is 1. The van der Waals surface area contributed by atoms with E-state index in [4.69, 9.17) is 10.5 Å². The van der Waals surface area contributed by atoms with Gasteiger partial charge in [0.2, 0.25) is 0 Å². The molecule has 3 rings (SSSR count). The number of nitrogens with two attached hydrogens (primary N) is 1. The summed E-state index contributed by atoms with van der Waals surface area (Å²) in [6.07, 6.45) is 3.66. The molecule has 1 aromatic carbocycles. The van der Waals surface area contributed by atoms with Crippen LogP contribution in [-0.4, -0.2) is 49.1 Å². The van der Waals surface area contributed by atoms with Crippen molar-refractivity contribution in [3.63, 3.8) is 0 Å². The van der Waals surface area contributed by atoms with Crippen molar-refractivity contribution in [3.8, 4) is 5.75 Å². The number of likely N-dealkylation sites (tertiary alicyclic amines) is 1. The second kappa shape index (κ2) is 6.79.